The molecule has 5 nitrogen and oxygen atoms in total. The molecule has 0 amide bonds. The van der Waals surface area contributed by atoms with Crippen LogP contribution in [0.5, 0.6) is 0 Å². The first-order valence-corrected chi connectivity index (χ1v) is 4.39. The van der Waals surface area contributed by atoms with Gasteiger partial charge < -0.3 is 0 Å². The fourth-order valence-electron chi connectivity index (χ4n) is 1.25. The highest BCUT2D eigenvalue weighted by Gasteiger charge is 2.09. The van der Waals surface area contributed by atoms with Gasteiger partial charge in [0.2, 0.25) is 0 Å². The average Bonchev–Trinajstić information content (AvgIpc) is 2.68. The van der Waals surface area contributed by atoms with Gasteiger partial charge in [-0.2, -0.15) is 5.10 Å². The van der Waals surface area contributed by atoms with Gasteiger partial charge in [-0.1, -0.05) is 30.3 Å². The van der Waals surface area contributed by atoms with Crippen molar-refractivity contribution in [3.05, 3.63) is 58.4 Å². The maximum Gasteiger partial charge on any atom is 0.316 e. The summed E-state index contributed by atoms with van der Waals surface area (Å²) in [6.45, 7) is 0.519. The Morgan fingerprint density at radius 2 is 2.13 bits per heavy atom. The summed E-state index contributed by atoms with van der Waals surface area (Å²) in [5.41, 5.74) is 0.940. The lowest BCUT2D eigenvalue weighted by molar-refractivity contribution is -0.385. The SMILES string of the molecule is O=[N+]([O-])c1[c]nn(Cc2ccccc2)c1. The molecule has 1 radical (unpaired) electrons. The standard InChI is InChI=1S/C10H8N3O2/c14-13(15)10-6-11-12(8-10)7-9-4-2-1-3-5-9/h1-5,8H,7H2. The van der Waals surface area contributed by atoms with Crippen molar-refractivity contribution in [2.24, 2.45) is 0 Å². The molecule has 2 aromatic rings. The normalized spacial score (nSPS) is 10.1. The van der Waals surface area contributed by atoms with Crippen LogP contribution < -0.4 is 0 Å². The molecule has 0 unspecified atom stereocenters. The number of hydrogen-bond acceptors (Lipinski definition) is 3. The molecule has 0 atom stereocenters. The van der Waals surface area contributed by atoms with Gasteiger partial charge in [0.15, 0.2) is 6.20 Å². The van der Waals surface area contributed by atoms with Gasteiger partial charge in [-0.15, -0.1) is 0 Å². The van der Waals surface area contributed by atoms with Crippen LogP contribution in [0.15, 0.2) is 36.5 Å². The van der Waals surface area contributed by atoms with E-state index in [0.717, 1.165) is 5.56 Å². The van der Waals surface area contributed by atoms with E-state index in [1.54, 1.807) is 0 Å². The highest BCUT2D eigenvalue weighted by molar-refractivity contribution is 5.21. The van der Waals surface area contributed by atoms with Crippen LogP contribution in [0.1, 0.15) is 5.56 Å². The topological polar surface area (TPSA) is 61.0 Å². The molecule has 0 saturated carbocycles. The van der Waals surface area contributed by atoms with Crippen LogP contribution in [0.2, 0.25) is 0 Å². The molecule has 1 aromatic heterocycles. The maximum absolute atomic E-state index is 10.4. The Morgan fingerprint density at radius 1 is 1.40 bits per heavy atom. The van der Waals surface area contributed by atoms with E-state index in [-0.39, 0.29) is 5.69 Å². The second-order valence-electron chi connectivity index (χ2n) is 3.07. The quantitative estimate of drug-likeness (QED) is 0.561. The summed E-state index contributed by atoms with van der Waals surface area (Å²) in [5.74, 6) is 0. The Morgan fingerprint density at radius 3 is 2.73 bits per heavy atom. The predicted octanol–water partition coefficient (Wildman–Crippen LogP) is 1.64. The minimum atomic E-state index is -0.505. The molecule has 0 aliphatic carbocycles. The molecule has 0 saturated heterocycles. The van der Waals surface area contributed by atoms with Gasteiger partial charge in [0, 0.05) is 0 Å². The van der Waals surface area contributed by atoms with Crippen molar-refractivity contribution in [1.29, 1.82) is 0 Å². The Kier molecular flexibility index (Phi) is 2.45. The third-order valence-electron chi connectivity index (χ3n) is 1.95. The van der Waals surface area contributed by atoms with E-state index < -0.39 is 4.92 Å². The van der Waals surface area contributed by atoms with E-state index in [1.165, 1.54) is 10.9 Å². The van der Waals surface area contributed by atoms with Crippen LogP contribution in [0.25, 0.3) is 0 Å². The molecule has 5 heteroatoms. The number of nitrogens with zero attached hydrogens (tertiary/aromatic N) is 3. The molecular formula is C10H8N3O2. The predicted molar refractivity (Wildman–Crippen MR) is 53.3 cm³/mol. The second-order valence-corrected chi connectivity index (χ2v) is 3.07. The first-order chi connectivity index (χ1) is 7.25. The van der Waals surface area contributed by atoms with Gasteiger partial charge in [0.05, 0.1) is 11.5 Å². The molecule has 2 rings (SSSR count). The number of nitro groups is 1. The third kappa shape index (κ3) is 2.19. The first kappa shape index (κ1) is 9.39. The smallest absolute Gasteiger partial charge is 0.260 e. The van der Waals surface area contributed by atoms with Gasteiger partial charge in [0.25, 0.3) is 0 Å². The van der Waals surface area contributed by atoms with E-state index in [1.807, 2.05) is 30.3 Å². The van der Waals surface area contributed by atoms with Gasteiger partial charge >= 0.3 is 5.69 Å². The van der Waals surface area contributed by atoms with Crippen LogP contribution in [0, 0.1) is 16.3 Å². The zero-order valence-electron chi connectivity index (χ0n) is 7.83. The fraction of sp³-hybridized carbons (Fsp3) is 0.100. The van der Waals surface area contributed by atoms with Gasteiger partial charge in [0.1, 0.15) is 6.20 Å². The van der Waals surface area contributed by atoms with Crippen molar-refractivity contribution < 1.29 is 4.92 Å². The van der Waals surface area contributed by atoms with Crippen LogP contribution in [-0.2, 0) is 6.54 Å². The van der Waals surface area contributed by atoms with Crippen LogP contribution in [0.3, 0.4) is 0 Å². The summed E-state index contributed by atoms with van der Waals surface area (Å²) in [6.07, 6.45) is 3.71. The summed E-state index contributed by atoms with van der Waals surface area (Å²) in [7, 11) is 0. The van der Waals surface area contributed by atoms with E-state index in [4.69, 9.17) is 0 Å². The molecule has 1 heterocycles. The molecule has 15 heavy (non-hydrogen) atoms. The van der Waals surface area contributed by atoms with Gasteiger partial charge in [-0.25, -0.2) is 0 Å². The van der Waals surface area contributed by atoms with E-state index >= 15 is 0 Å². The number of rotatable bonds is 3. The van der Waals surface area contributed by atoms with E-state index in [2.05, 4.69) is 11.3 Å². The van der Waals surface area contributed by atoms with Crippen molar-refractivity contribution >= 4 is 5.69 Å². The highest BCUT2D eigenvalue weighted by Crippen LogP contribution is 2.08. The molecular weight excluding hydrogens is 194 g/mol. The molecule has 0 aliphatic rings. The van der Waals surface area contributed by atoms with Crippen LogP contribution in [-0.4, -0.2) is 14.7 Å². The van der Waals surface area contributed by atoms with Crippen molar-refractivity contribution in [2.75, 3.05) is 0 Å². The summed E-state index contributed by atoms with van der Waals surface area (Å²) in [4.78, 5) is 9.88. The first-order valence-electron chi connectivity index (χ1n) is 4.39. The Bertz CT molecular complexity index is 465. The third-order valence-corrected chi connectivity index (χ3v) is 1.95. The lowest BCUT2D eigenvalue weighted by Gasteiger charge is -1.99. The fourth-order valence-corrected chi connectivity index (χ4v) is 1.25. The lowest BCUT2D eigenvalue weighted by atomic mass is 10.2. The Balaban J connectivity index is 2.15. The largest absolute Gasteiger partial charge is 0.316 e. The number of aromatic nitrogens is 2. The average molecular weight is 202 g/mol. The zero-order valence-corrected chi connectivity index (χ0v) is 7.83. The monoisotopic (exact) mass is 202 g/mol. The zero-order chi connectivity index (χ0) is 10.7. The van der Waals surface area contributed by atoms with Crippen molar-refractivity contribution in [2.45, 2.75) is 6.54 Å². The molecule has 0 aliphatic heterocycles. The van der Waals surface area contributed by atoms with Crippen LogP contribution >= 0.6 is 0 Å². The minimum Gasteiger partial charge on any atom is -0.260 e. The number of benzene rings is 1. The van der Waals surface area contributed by atoms with Gasteiger partial charge in [-0.3, -0.25) is 14.8 Å². The number of hydrogen-bond donors (Lipinski definition) is 0. The van der Waals surface area contributed by atoms with Crippen LogP contribution in [0.4, 0.5) is 5.69 Å². The minimum absolute atomic E-state index is 0.106. The highest BCUT2D eigenvalue weighted by atomic mass is 16.6. The summed E-state index contributed by atoms with van der Waals surface area (Å²) in [6, 6.07) is 9.62. The van der Waals surface area contributed by atoms with Crippen molar-refractivity contribution in [3.8, 4) is 0 Å². The lowest BCUT2D eigenvalue weighted by Crippen LogP contribution is -1.99. The van der Waals surface area contributed by atoms with Gasteiger partial charge in [-0.05, 0) is 5.56 Å². The Labute approximate surface area is 86.1 Å². The summed E-state index contributed by atoms with van der Waals surface area (Å²) < 4.78 is 1.49. The molecule has 0 fully saturated rings. The Hall–Kier alpha value is -2.17. The van der Waals surface area contributed by atoms with Crippen molar-refractivity contribution in [1.82, 2.24) is 9.78 Å². The second kappa shape index (κ2) is 3.91. The molecule has 0 N–H and O–H groups in total. The summed E-state index contributed by atoms with van der Waals surface area (Å²) >= 11 is 0. The summed E-state index contributed by atoms with van der Waals surface area (Å²) in [5, 5.41) is 14.2. The molecule has 0 spiro atoms. The van der Waals surface area contributed by atoms with E-state index in [9.17, 15) is 10.1 Å². The van der Waals surface area contributed by atoms with Crippen molar-refractivity contribution in [3.63, 3.8) is 0 Å². The van der Waals surface area contributed by atoms with E-state index in [0.29, 0.717) is 6.54 Å². The maximum atomic E-state index is 10.4. The molecule has 75 valence electrons. The molecule has 1 aromatic carbocycles. The molecule has 0 bridgehead atoms.